The molecule has 0 aromatic heterocycles. The van der Waals surface area contributed by atoms with Crippen molar-refractivity contribution in [2.24, 2.45) is 0 Å². The summed E-state index contributed by atoms with van der Waals surface area (Å²) in [7, 11) is 0. The minimum Gasteiger partial charge on any atom is -0.464 e. The van der Waals surface area contributed by atoms with Gasteiger partial charge in [0.15, 0.2) is 17.1 Å². The van der Waals surface area contributed by atoms with Gasteiger partial charge < -0.3 is 18.9 Å². The van der Waals surface area contributed by atoms with Crippen LogP contribution in [0.25, 0.3) is 0 Å². The largest absolute Gasteiger partial charge is 0.464 e. The van der Waals surface area contributed by atoms with Crippen molar-refractivity contribution in [1.29, 1.82) is 0 Å². The van der Waals surface area contributed by atoms with Gasteiger partial charge in [0, 0.05) is 0 Å². The predicted molar refractivity (Wildman–Crippen MR) is 61.4 cm³/mol. The summed E-state index contributed by atoms with van der Waals surface area (Å²) in [6.45, 7) is 4.10. The molecular weight excluding hydrogens is 236 g/mol. The molecule has 2 heterocycles. The first-order chi connectivity index (χ1) is 8.65. The Morgan fingerprint density at radius 2 is 2.22 bits per heavy atom. The van der Waals surface area contributed by atoms with Crippen LogP contribution in [0.5, 0.6) is 11.5 Å². The van der Waals surface area contributed by atoms with E-state index in [0.717, 1.165) is 11.3 Å². The molecule has 5 heteroatoms. The second-order valence-corrected chi connectivity index (χ2v) is 4.44. The summed E-state index contributed by atoms with van der Waals surface area (Å²) in [6, 6.07) is 5.55. The zero-order valence-corrected chi connectivity index (χ0v) is 10.3. The van der Waals surface area contributed by atoms with Crippen LogP contribution in [0.1, 0.15) is 25.5 Å². The topological polar surface area (TPSA) is 57.3 Å². The van der Waals surface area contributed by atoms with Crippen molar-refractivity contribution in [3.8, 4) is 11.5 Å². The summed E-state index contributed by atoms with van der Waals surface area (Å²) in [5.74, 6) is 1.08. The van der Waals surface area contributed by atoms with Gasteiger partial charge in [-0.3, -0.25) is 0 Å². The van der Waals surface area contributed by atoms with E-state index in [1.807, 2.05) is 18.2 Å². The Kier molecular flexibility index (Phi) is 2.45. The van der Waals surface area contributed by atoms with Gasteiger partial charge in [-0.15, -0.1) is 0 Å². The van der Waals surface area contributed by atoms with Crippen molar-refractivity contribution in [1.82, 2.24) is 0 Å². The third-order valence-electron chi connectivity index (χ3n) is 3.19. The van der Waals surface area contributed by atoms with Gasteiger partial charge in [-0.25, -0.2) is 4.79 Å². The van der Waals surface area contributed by atoms with Crippen LogP contribution < -0.4 is 9.47 Å². The van der Waals surface area contributed by atoms with Crippen molar-refractivity contribution >= 4 is 5.97 Å². The fourth-order valence-corrected chi connectivity index (χ4v) is 2.10. The van der Waals surface area contributed by atoms with E-state index in [1.54, 1.807) is 13.8 Å². The lowest BCUT2D eigenvalue weighted by Gasteiger charge is -2.06. The van der Waals surface area contributed by atoms with E-state index >= 15 is 0 Å². The summed E-state index contributed by atoms with van der Waals surface area (Å²) < 4.78 is 21.0. The Labute approximate surface area is 105 Å². The zero-order chi connectivity index (χ0) is 12.8. The van der Waals surface area contributed by atoms with Crippen LogP contribution in [-0.2, 0) is 14.3 Å². The maximum absolute atomic E-state index is 11.7. The molecule has 96 valence electrons. The van der Waals surface area contributed by atoms with Gasteiger partial charge in [-0.05, 0) is 31.5 Å². The average molecular weight is 250 g/mol. The van der Waals surface area contributed by atoms with Crippen molar-refractivity contribution in [2.45, 2.75) is 25.6 Å². The lowest BCUT2D eigenvalue weighted by molar-refractivity contribution is -0.148. The third kappa shape index (κ3) is 1.62. The SMILES string of the molecule is CCOC(=O)[C@@]1(C)O[C@@H]1c1ccc2c(c1)OCO2. The molecule has 5 nitrogen and oxygen atoms in total. The van der Waals surface area contributed by atoms with Crippen LogP contribution in [-0.4, -0.2) is 25.0 Å². The number of epoxide rings is 1. The number of ether oxygens (including phenoxy) is 4. The minimum atomic E-state index is -0.871. The molecule has 2 aliphatic rings. The number of carbonyl (C=O) groups is 1. The van der Waals surface area contributed by atoms with Gasteiger partial charge in [0.1, 0.15) is 6.10 Å². The molecule has 0 spiro atoms. The van der Waals surface area contributed by atoms with Gasteiger partial charge in [0.25, 0.3) is 0 Å². The van der Waals surface area contributed by atoms with Gasteiger partial charge in [0.05, 0.1) is 6.61 Å². The van der Waals surface area contributed by atoms with E-state index in [0.29, 0.717) is 12.4 Å². The molecule has 0 N–H and O–H groups in total. The van der Waals surface area contributed by atoms with E-state index in [4.69, 9.17) is 18.9 Å². The fraction of sp³-hybridized carbons (Fsp3) is 0.462. The smallest absolute Gasteiger partial charge is 0.341 e. The summed E-state index contributed by atoms with van der Waals surface area (Å²) in [4.78, 5) is 11.7. The molecule has 1 fully saturated rings. The fourth-order valence-electron chi connectivity index (χ4n) is 2.10. The zero-order valence-electron chi connectivity index (χ0n) is 10.3. The quantitative estimate of drug-likeness (QED) is 0.605. The summed E-state index contributed by atoms with van der Waals surface area (Å²) in [5, 5.41) is 0. The summed E-state index contributed by atoms with van der Waals surface area (Å²) in [6.07, 6.45) is -0.272. The molecule has 2 atom stereocenters. The highest BCUT2D eigenvalue weighted by atomic mass is 16.7. The van der Waals surface area contributed by atoms with Crippen LogP contribution in [0.15, 0.2) is 18.2 Å². The molecule has 0 radical (unpaired) electrons. The standard InChI is InChI=1S/C13H14O5/c1-3-15-12(14)13(2)11(18-13)8-4-5-9-10(6-8)17-7-16-9/h4-6,11H,3,7H2,1-2H3/t11-,13+/m1/s1. The molecular formula is C13H14O5. The molecule has 1 aromatic rings. The average Bonchev–Trinajstić information content (AvgIpc) is 2.86. The van der Waals surface area contributed by atoms with Crippen LogP contribution in [0.3, 0.4) is 0 Å². The first kappa shape index (κ1) is 11.3. The van der Waals surface area contributed by atoms with E-state index in [-0.39, 0.29) is 18.9 Å². The number of carbonyl (C=O) groups excluding carboxylic acids is 1. The van der Waals surface area contributed by atoms with Crippen LogP contribution in [0.2, 0.25) is 0 Å². The molecule has 0 bridgehead atoms. The highest BCUT2D eigenvalue weighted by Crippen LogP contribution is 2.51. The van der Waals surface area contributed by atoms with E-state index in [9.17, 15) is 4.79 Å². The number of rotatable bonds is 3. The van der Waals surface area contributed by atoms with Crippen LogP contribution in [0, 0.1) is 0 Å². The van der Waals surface area contributed by atoms with Gasteiger partial charge in [-0.2, -0.15) is 0 Å². The Balaban J connectivity index is 1.80. The Morgan fingerprint density at radius 1 is 1.44 bits per heavy atom. The number of hydrogen-bond donors (Lipinski definition) is 0. The lowest BCUT2D eigenvalue weighted by atomic mass is 10.0. The molecule has 0 aliphatic carbocycles. The molecule has 3 rings (SSSR count). The van der Waals surface area contributed by atoms with Crippen LogP contribution in [0.4, 0.5) is 0 Å². The Morgan fingerprint density at radius 3 is 3.00 bits per heavy atom. The summed E-state index contributed by atoms with van der Waals surface area (Å²) in [5.41, 5.74) is 0.0266. The highest BCUT2D eigenvalue weighted by Gasteiger charge is 2.60. The molecule has 18 heavy (non-hydrogen) atoms. The van der Waals surface area contributed by atoms with Gasteiger partial charge >= 0.3 is 5.97 Å². The minimum absolute atomic E-state index is 0.236. The first-order valence-electron chi connectivity index (χ1n) is 5.89. The second-order valence-electron chi connectivity index (χ2n) is 4.44. The predicted octanol–water partition coefficient (Wildman–Crippen LogP) is 1.81. The first-order valence-corrected chi connectivity index (χ1v) is 5.89. The highest BCUT2D eigenvalue weighted by molar-refractivity contribution is 5.83. The lowest BCUT2D eigenvalue weighted by Crippen LogP contribution is -2.24. The van der Waals surface area contributed by atoms with Crippen molar-refractivity contribution in [3.63, 3.8) is 0 Å². The molecule has 0 unspecified atom stereocenters. The van der Waals surface area contributed by atoms with E-state index < -0.39 is 5.60 Å². The molecule has 1 aromatic carbocycles. The van der Waals surface area contributed by atoms with Gasteiger partial charge in [-0.1, -0.05) is 6.07 Å². The number of hydrogen-bond acceptors (Lipinski definition) is 5. The normalized spacial score (nSPS) is 28.0. The van der Waals surface area contributed by atoms with E-state index in [1.165, 1.54) is 0 Å². The molecule has 1 saturated heterocycles. The number of benzene rings is 1. The molecule has 0 amide bonds. The maximum atomic E-state index is 11.7. The van der Waals surface area contributed by atoms with Crippen molar-refractivity contribution < 1.29 is 23.7 Å². The second kappa shape index (κ2) is 3.88. The van der Waals surface area contributed by atoms with Crippen molar-refractivity contribution in [3.05, 3.63) is 23.8 Å². The maximum Gasteiger partial charge on any atom is 0.341 e. The Bertz CT molecular complexity index is 498. The van der Waals surface area contributed by atoms with Crippen molar-refractivity contribution in [2.75, 3.05) is 13.4 Å². The summed E-state index contributed by atoms with van der Waals surface area (Å²) >= 11 is 0. The van der Waals surface area contributed by atoms with Gasteiger partial charge in [0.2, 0.25) is 6.79 Å². The Hall–Kier alpha value is -1.75. The van der Waals surface area contributed by atoms with E-state index in [2.05, 4.69) is 0 Å². The molecule has 0 saturated carbocycles. The molecule has 2 aliphatic heterocycles. The number of esters is 1. The third-order valence-corrected chi connectivity index (χ3v) is 3.19. The monoisotopic (exact) mass is 250 g/mol. The van der Waals surface area contributed by atoms with Crippen LogP contribution >= 0.6 is 0 Å². The number of fused-ring (bicyclic) bond motifs is 1.